The molecule has 1 aliphatic rings. The fourth-order valence-electron chi connectivity index (χ4n) is 4.52. The summed E-state index contributed by atoms with van der Waals surface area (Å²) in [5.74, 6) is -2.84. The summed E-state index contributed by atoms with van der Waals surface area (Å²) >= 11 is 0. The Morgan fingerprint density at radius 1 is 1.03 bits per heavy atom. The van der Waals surface area contributed by atoms with Crippen LogP contribution in [0.1, 0.15) is 34.5 Å². The minimum absolute atomic E-state index is 0.0879. The maximum atomic E-state index is 15.0. The molecular weight excluding hydrogens is 481 g/mol. The van der Waals surface area contributed by atoms with Gasteiger partial charge in [0.15, 0.2) is 0 Å². The highest BCUT2D eigenvalue weighted by Gasteiger charge is 2.31. The molecule has 37 heavy (non-hydrogen) atoms. The molecule has 1 aliphatic heterocycles. The first-order chi connectivity index (χ1) is 17.7. The van der Waals surface area contributed by atoms with E-state index in [1.54, 1.807) is 43.1 Å². The van der Waals surface area contributed by atoms with E-state index < -0.39 is 23.4 Å². The number of H-pyrrole nitrogens is 1. The van der Waals surface area contributed by atoms with Crippen molar-refractivity contribution in [3.05, 3.63) is 95.1 Å². The fourth-order valence-corrected chi connectivity index (χ4v) is 4.52. The summed E-state index contributed by atoms with van der Waals surface area (Å²) in [6.45, 7) is 2.19. The van der Waals surface area contributed by atoms with E-state index in [1.165, 1.54) is 24.4 Å². The molecule has 2 amide bonds. The first-order valence-corrected chi connectivity index (χ1v) is 11.7. The first kappa shape index (κ1) is 24.3. The third-order valence-corrected chi connectivity index (χ3v) is 6.60. The van der Waals surface area contributed by atoms with Gasteiger partial charge in [0.25, 0.3) is 5.91 Å². The summed E-state index contributed by atoms with van der Waals surface area (Å²) < 4.78 is 41.9. The molecule has 1 atom stereocenters. The number of likely N-dealkylation sites (N-methyl/N-ethyl adjacent to an activating group) is 1. The quantitative estimate of drug-likeness (QED) is 0.375. The van der Waals surface area contributed by atoms with Gasteiger partial charge in [0, 0.05) is 54.7 Å². The van der Waals surface area contributed by atoms with Gasteiger partial charge in [-0.05, 0) is 48.9 Å². The molecule has 0 fully saturated rings. The first-order valence-electron chi connectivity index (χ1n) is 11.7. The number of hydrogen-bond acceptors (Lipinski definition) is 3. The number of anilines is 1. The second-order valence-electron chi connectivity index (χ2n) is 9.02. The molecule has 5 rings (SSSR count). The van der Waals surface area contributed by atoms with Crippen LogP contribution in [0.15, 0.2) is 60.8 Å². The van der Waals surface area contributed by atoms with Crippen LogP contribution in [0, 0.1) is 17.5 Å². The van der Waals surface area contributed by atoms with Crippen molar-refractivity contribution in [3.63, 3.8) is 0 Å². The Bertz CT molecular complexity index is 1510. The lowest BCUT2D eigenvalue weighted by Gasteiger charge is -2.23. The summed E-state index contributed by atoms with van der Waals surface area (Å²) in [4.78, 5) is 35.0. The lowest BCUT2D eigenvalue weighted by molar-refractivity contribution is -0.117. The summed E-state index contributed by atoms with van der Waals surface area (Å²) in [6, 6.07) is 12.2. The van der Waals surface area contributed by atoms with Gasteiger partial charge in [0.1, 0.15) is 23.3 Å². The zero-order valence-electron chi connectivity index (χ0n) is 20.1. The molecule has 9 heteroatoms. The van der Waals surface area contributed by atoms with Crippen molar-refractivity contribution >= 4 is 17.6 Å². The van der Waals surface area contributed by atoms with E-state index in [4.69, 9.17) is 0 Å². The zero-order chi connectivity index (χ0) is 26.3. The number of halogens is 3. The molecule has 3 heterocycles. The van der Waals surface area contributed by atoms with Crippen LogP contribution in [0.4, 0.5) is 19.0 Å². The van der Waals surface area contributed by atoms with Crippen LogP contribution >= 0.6 is 0 Å². The van der Waals surface area contributed by atoms with Crippen LogP contribution in [0.25, 0.3) is 22.4 Å². The maximum absolute atomic E-state index is 15.0. The number of rotatable bonds is 5. The number of benzene rings is 2. The Morgan fingerprint density at radius 2 is 1.76 bits per heavy atom. The highest BCUT2D eigenvalue weighted by atomic mass is 19.1. The van der Waals surface area contributed by atoms with Crippen LogP contribution in [-0.4, -0.2) is 40.3 Å². The molecule has 188 valence electrons. The highest BCUT2D eigenvalue weighted by molar-refractivity contribution is 6.07. The number of nitrogens with zero attached hydrogens (tertiary/aromatic N) is 2. The molecule has 2 aromatic carbocycles. The van der Waals surface area contributed by atoms with Crippen molar-refractivity contribution in [3.8, 4) is 22.4 Å². The molecule has 0 radical (unpaired) electrons. The number of fused-ring (bicyclic) bond motifs is 1. The van der Waals surface area contributed by atoms with Gasteiger partial charge in [-0.25, -0.2) is 18.2 Å². The van der Waals surface area contributed by atoms with Gasteiger partial charge in [-0.15, -0.1) is 0 Å². The number of pyridine rings is 1. The minimum atomic E-state index is -0.792. The Hall–Kier alpha value is -4.40. The van der Waals surface area contributed by atoms with Crippen molar-refractivity contribution in [2.75, 3.05) is 18.9 Å². The predicted molar refractivity (Wildman–Crippen MR) is 133 cm³/mol. The molecule has 0 spiro atoms. The van der Waals surface area contributed by atoms with E-state index in [0.717, 1.165) is 12.1 Å². The molecule has 0 bridgehead atoms. The average Bonchev–Trinajstić information content (AvgIpc) is 3.26. The topological polar surface area (TPSA) is 78.1 Å². The summed E-state index contributed by atoms with van der Waals surface area (Å²) in [7, 11) is 1.67. The second kappa shape index (κ2) is 9.57. The molecule has 0 aliphatic carbocycles. The minimum Gasteiger partial charge on any atom is -0.357 e. The summed E-state index contributed by atoms with van der Waals surface area (Å²) in [5, 5.41) is 2.76. The molecule has 0 saturated heterocycles. The van der Waals surface area contributed by atoms with Gasteiger partial charge >= 0.3 is 0 Å². The van der Waals surface area contributed by atoms with Crippen molar-refractivity contribution in [2.45, 2.75) is 19.3 Å². The number of hydrogen-bond donors (Lipinski definition) is 2. The lowest BCUT2D eigenvalue weighted by Crippen LogP contribution is -2.34. The van der Waals surface area contributed by atoms with Gasteiger partial charge in [-0.1, -0.05) is 12.1 Å². The Morgan fingerprint density at radius 3 is 2.49 bits per heavy atom. The SMILES string of the molecule is CC(C(=O)Nc1cc(-c2[nH]c3c(c2-c2ccc(F)cc2F)C(=O)N(C)CC3)ccn1)c1ccc(F)cc1. The molecular formula is C28H23F3N4O2. The third-order valence-electron chi connectivity index (χ3n) is 6.60. The van der Waals surface area contributed by atoms with E-state index in [0.29, 0.717) is 46.6 Å². The Balaban J connectivity index is 1.54. The maximum Gasteiger partial charge on any atom is 0.256 e. The molecule has 1 unspecified atom stereocenters. The largest absolute Gasteiger partial charge is 0.357 e. The van der Waals surface area contributed by atoms with Crippen molar-refractivity contribution in [2.24, 2.45) is 0 Å². The fraction of sp³-hybridized carbons (Fsp3) is 0.179. The Kier molecular flexibility index (Phi) is 6.29. The Labute approximate surface area is 211 Å². The molecule has 6 nitrogen and oxygen atoms in total. The summed E-state index contributed by atoms with van der Waals surface area (Å²) in [5.41, 5.74) is 3.07. The smallest absolute Gasteiger partial charge is 0.256 e. The number of aromatic nitrogens is 2. The van der Waals surface area contributed by atoms with Gasteiger partial charge < -0.3 is 15.2 Å². The standard InChI is InChI=1S/C28H23F3N4O2/c1-15(16-3-5-18(29)6-4-16)27(36)34-23-13-17(9-11-32-23)26-24(20-8-7-19(30)14-21(20)31)25-22(33-26)10-12-35(2)28(25)37/h3-9,11,13-15,33H,10,12H2,1-2H3,(H,32,34,36). The monoisotopic (exact) mass is 504 g/mol. The average molecular weight is 505 g/mol. The highest BCUT2D eigenvalue weighted by Crippen LogP contribution is 2.40. The van der Waals surface area contributed by atoms with Gasteiger partial charge in [-0.3, -0.25) is 9.59 Å². The third kappa shape index (κ3) is 4.60. The normalized spacial score (nSPS) is 13.9. The van der Waals surface area contributed by atoms with E-state index in [2.05, 4.69) is 15.3 Å². The molecule has 4 aromatic rings. The van der Waals surface area contributed by atoms with Crippen molar-refractivity contribution in [1.82, 2.24) is 14.9 Å². The number of carbonyl (C=O) groups is 2. The predicted octanol–water partition coefficient (Wildman–Crippen LogP) is 5.53. The number of aromatic amines is 1. The molecule has 2 N–H and O–H groups in total. The van der Waals surface area contributed by atoms with Gasteiger partial charge in [0.2, 0.25) is 5.91 Å². The van der Waals surface area contributed by atoms with Crippen LogP contribution < -0.4 is 5.32 Å². The van der Waals surface area contributed by atoms with Crippen LogP contribution in [0.5, 0.6) is 0 Å². The van der Waals surface area contributed by atoms with Gasteiger partial charge in [-0.2, -0.15) is 0 Å². The van der Waals surface area contributed by atoms with E-state index >= 15 is 0 Å². The number of amides is 2. The number of carbonyl (C=O) groups excluding carboxylic acids is 2. The van der Waals surface area contributed by atoms with Gasteiger partial charge in [0.05, 0.1) is 17.2 Å². The van der Waals surface area contributed by atoms with Crippen molar-refractivity contribution in [1.29, 1.82) is 0 Å². The van der Waals surface area contributed by atoms with Crippen LogP contribution in [0.2, 0.25) is 0 Å². The van der Waals surface area contributed by atoms with E-state index in [1.807, 2.05) is 0 Å². The van der Waals surface area contributed by atoms with Crippen LogP contribution in [-0.2, 0) is 11.2 Å². The van der Waals surface area contributed by atoms with E-state index in [-0.39, 0.29) is 23.2 Å². The molecule has 0 saturated carbocycles. The zero-order valence-corrected chi connectivity index (χ0v) is 20.1. The van der Waals surface area contributed by atoms with E-state index in [9.17, 15) is 22.8 Å². The van der Waals surface area contributed by atoms with Crippen LogP contribution in [0.3, 0.4) is 0 Å². The lowest BCUT2D eigenvalue weighted by atomic mass is 9.94. The number of nitrogens with one attached hydrogen (secondary N) is 2. The van der Waals surface area contributed by atoms with Crippen molar-refractivity contribution < 1.29 is 22.8 Å². The summed E-state index contributed by atoms with van der Waals surface area (Å²) in [6.07, 6.45) is 2.03. The molecule has 2 aromatic heterocycles. The second-order valence-corrected chi connectivity index (χ2v) is 9.02.